The summed E-state index contributed by atoms with van der Waals surface area (Å²) in [6.07, 6.45) is -3.01. The zero-order chi connectivity index (χ0) is 22.3. The Morgan fingerprint density at radius 2 is 1.94 bits per heavy atom. The van der Waals surface area contributed by atoms with Crippen molar-refractivity contribution in [3.8, 4) is 11.6 Å². The molecule has 1 saturated heterocycles. The second kappa shape index (κ2) is 10.2. The van der Waals surface area contributed by atoms with Gasteiger partial charge >= 0.3 is 6.18 Å². The molecule has 0 radical (unpaired) electrons. The number of rotatable bonds is 6. The number of hydrogen-bond acceptors (Lipinski definition) is 5. The number of halogens is 3. The number of anilines is 1. The molecule has 0 unspecified atom stereocenters. The van der Waals surface area contributed by atoms with Crippen LogP contribution in [-0.2, 0) is 6.54 Å². The average Bonchev–Trinajstić information content (AvgIpc) is 2.78. The van der Waals surface area contributed by atoms with Crippen LogP contribution in [0, 0.1) is 0 Å². The highest BCUT2D eigenvalue weighted by Gasteiger charge is 2.29. The molecule has 1 aliphatic heterocycles. The molecule has 2 aromatic rings. The number of ether oxygens (including phenoxy) is 2. The summed E-state index contributed by atoms with van der Waals surface area (Å²) < 4.78 is 47.6. The van der Waals surface area contributed by atoms with Gasteiger partial charge in [-0.25, -0.2) is 4.98 Å². The van der Waals surface area contributed by atoms with E-state index < -0.39 is 12.8 Å². The highest BCUT2D eigenvalue weighted by molar-refractivity contribution is 5.80. The number of guanidine groups is 1. The van der Waals surface area contributed by atoms with Crippen LogP contribution in [0.5, 0.6) is 11.6 Å². The zero-order valence-electron chi connectivity index (χ0n) is 17.5. The molecule has 0 saturated carbocycles. The molecule has 7 nitrogen and oxygen atoms in total. The van der Waals surface area contributed by atoms with Crippen molar-refractivity contribution in [2.24, 2.45) is 4.99 Å². The molecule has 1 aromatic heterocycles. The van der Waals surface area contributed by atoms with Crippen molar-refractivity contribution in [3.05, 3.63) is 48.2 Å². The maximum absolute atomic E-state index is 12.5. The number of nitrogens with zero attached hydrogens (tertiary/aromatic N) is 4. The fourth-order valence-corrected chi connectivity index (χ4v) is 3.33. The van der Waals surface area contributed by atoms with Gasteiger partial charge in [0.1, 0.15) is 5.75 Å². The van der Waals surface area contributed by atoms with Gasteiger partial charge in [-0.05, 0) is 18.2 Å². The van der Waals surface area contributed by atoms with Crippen molar-refractivity contribution in [1.29, 1.82) is 0 Å². The molecule has 0 atom stereocenters. The highest BCUT2D eigenvalue weighted by atomic mass is 19.4. The number of aliphatic imine (C=N–C) groups is 1. The van der Waals surface area contributed by atoms with Gasteiger partial charge < -0.3 is 24.6 Å². The second-order valence-electron chi connectivity index (χ2n) is 6.95. The van der Waals surface area contributed by atoms with Gasteiger partial charge in [-0.1, -0.05) is 12.1 Å². The quantitative estimate of drug-likeness (QED) is 0.554. The molecule has 1 aromatic carbocycles. The van der Waals surface area contributed by atoms with Gasteiger partial charge in [0.15, 0.2) is 12.6 Å². The lowest BCUT2D eigenvalue weighted by Crippen LogP contribution is -2.52. The monoisotopic (exact) mass is 437 g/mol. The summed E-state index contributed by atoms with van der Waals surface area (Å²) in [5.74, 6) is 1.46. The third-order valence-electron chi connectivity index (χ3n) is 4.87. The van der Waals surface area contributed by atoms with Crippen molar-refractivity contribution < 1.29 is 22.6 Å². The van der Waals surface area contributed by atoms with E-state index in [1.54, 1.807) is 26.3 Å². The number of alkyl halides is 3. The predicted octanol–water partition coefficient (Wildman–Crippen LogP) is 2.93. The third kappa shape index (κ3) is 6.40. The summed E-state index contributed by atoms with van der Waals surface area (Å²) in [7, 11) is 3.33. The first-order valence-electron chi connectivity index (χ1n) is 9.87. The number of benzene rings is 1. The summed E-state index contributed by atoms with van der Waals surface area (Å²) in [5, 5.41) is 3.20. The van der Waals surface area contributed by atoms with Crippen LogP contribution < -0.4 is 19.7 Å². The van der Waals surface area contributed by atoms with Crippen LogP contribution in [0.15, 0.2) is 47.6 Å². The first-order valence-corrected chi connectivity index (χ1v) is 9.87. The van der Waals surface area contributed by atoms with Gasteiger partial charge in [-0.3, -0.25) is 4.99 Å². The average molecular weight is 437 g/mol. The molecule has 0 spiro atoms. The molecule has 3 rings (SSSR count). The van der Waals surface area contributed by atoms with E-state index in [-0.39, 0.29) is 12.4 Å². The van der Waals surface area contributed by atoms with Gasteiger partial charge in [0.25, 0.3) is 0 Å². The van der Waals surface area contributed by atoms with E-state index in [9.17, 15) is 13.2 Å². The maximum Gasteiger partial charge on any atom is 0.422 e. The fourth-order valence-electron chi connectivity index (χ4n) is 3.33. The Morgan fingerprint density at radius 3 is 2.61 bits per heavy atom. The standard InChI is InChI=1S/C21H26F3N5O2/c1-25-20(27-14-16-5-4-8-26-19(16)31-15-21(22,23)24)29-11-9-28(10-12-29)17-6-3-7-18(13-17)30-2/h3-8,13H,9-12,14-15H2,1-2H3,(H,25,27). The normalized spacial score (nSPS) is 15.1. The molecule has 0 bridgehead atoms. The lowest BCUT2D eigenvalue weighted by Gasteiger charge is -2.37. The van der Waals surface area contributed by atoms with E-state index >= 15 is 0 Å². The Bertz CT molecular complexity index is 883. The van der Waals surface area contributed by atoms with Crippen LogP contribution in [0.25, 0.3) is 0 Å². The van der Waals surface area contributed by atoms with Crippen molar-refractivity contribution >= 4 is 11.6 Å². The van der Waals surface area contributed by atoms with Crippen LogP contribution in [0.4, 0.5) is 18.9 Å². The fraction of sp³-hybridized carbons (Fsp3) is 0.429. The molecule has 10 heteroatoms. The number of methoxy groups -OCH3 is 1. The van der Waals surface area contributed by atoms with E-state index in [0.717, 1.165) is 37.6 Å². The van der Waals surface area contributed by atoms with Crippen molar-refractivity contribution in [3.63, 3.8) is 0 Å². The second-order valence-corrected chi connectivity index (χ2v) is 6.95. The third-order valence-corrected chi connectivity index (χ3v) is 4.87. The maximum atomic E-state index is 12.5. The number of aromatic nitrogens is 1. The minimum atomic E-state index is -4.42. The van der Waals surface area contributed by atoms with Crippen LogP contribution in [0.1, 0.15) is 5.56 Å². The summed E-state index contributed by atoms with van der Waals surface area (Å²) in [4.78, 5) is 12.6. The molecule has 1 aliphatic rings. The van der Waals surface area contributed by atoms with Crippen LogP contribution >= 0.6 is 0 Å². The van der Waals surface area contributed by atoms with Crippen molar-refractivity contribution in [2.45, 2.75) is 12.7 Å². The predicted molar refractivity (Wildman–Crippen MR) is 113 cm³/mol. The van der Waals surface area contributed by atoms with E-state index in [4.69, 9.17) is 9.47 Å². The first kappa shape index (κ1) is 22.5. The van der Waals surface area contributed by atoms with Gasteiger partial charge in [-0.2, -0.15) is 13.2 Å². The first-order chi connectivity index (χ1) is 14.9. The Labute approximate surface area is 179 Å². The van der Waals surface area contributed by atoms with Gasteiger partial charge in [-0.15, -0.1) is 0 Å². The molecule has 0 aliphatic carbocycles. The minimum Gasteiger partial charge on any atom is -0.497 e. The number of pyridine rings is 1. The van der Waals surface area contributed by atoms with Crippen LogP contribution in [-0.4, -0.2) is 69.0 Å². The van der Waals surface area contributed by atoms with E-state index in [0.29, 0.717) is 11.5 Å². The molecule has 31 heavy (non-hydrogen) atoms. The van der Waals surface area contributed by atoms with E-state index in [2.05, 4.69) is 31.2 Å². The Kier molecular flexibility index (Phi) is 7.43. The minimum absolute atomic E-state index is 0.0365. The largest absolute Gasteiger partial charge is 0.497 e. The van der Waals surface area contributed by atoms with Crippen molar-refractivity contribution in [1.82, 2.24) is 15.2 Å². The lowest BCUT2D eigenvalue weighted by molar-refractivity contribution is -0.154. The van der Waals surface area contributed by atoms with Crippen molar-refractivity contribution in [2.75, 3.05) is 51.8 Å². The van der Waals surface area contributed by atoms with Gasteiger partial charge in [0.2, 0.25) is 5.88 Å². The number of hydrogen-bond donors (Lipinski definition) is 1. The summed E-state index contributed by atoms with van der Waals surface area (Å²) in [5.41, 5.74) is 1.63. The summed E-state index contributed by atoms with van der Waals surface area (Å²) >= 11 is 0. The SMILES string of the molecule is CN=C(NCc1cccnc1OCC(F)(F)F)N1CCN(c2cccc(OC)c2)CC1. The molecule has 0 amide bonds. The molecule has 1 N–H and O–H groups in total. The number of piperazine rings is 1. The van der Waals surface area contributed by atoms with E-state index in [1.807, 2.05) is 18.2 Å². The van der Waals surface area contributed by atoms with Gasteiger partial charge in [0.05, 0.1) is 7.11 Å². The molecular formula is C21H26F3N5O2. The lowest BCUT2D eigenvalue weighted by atomic mass is 10.2. The summed E-state index contributed by atoms with van der Waals surface area (Å²) in [6, 6.07) is 11.3. The Balaban J connectivity index is 1.56. The summed E-state index contributed by atoms with van der Waals surface area (Å²) in [6.45, 7) is 1.99. The Morgan fingerprint density at radius 1 is 1.16 bits per heavy atom. The van der Waals surface area contributed by atoms with Gasteiger partial charge in [0, 0.05) is 63.3 Å². The molecule has 168 valence electrons. The Hall–Kier alpha value is -3.17. The molecule has 2 heterocycles. The van der Waals surface area contributed by atoms with E-state index in [1.165, 1.54) is 6.20 Å². The smallest absolute Gasteiger partial charge is 0.422 e. The number of nitrogens with one attached hydrogen (secondary N) is 1. The molecule has 1 fully saturated rings. The molecular weight excluding hydrogens is 411 g/mol. The van der Waals surface area contributed by atoms with Crippen LogP contribution in [0.3, 0.4) is 0 Å². The van der Waals surface area contributed by atoms with Crippen LogP contribution in [0.2, 0.25) is 0 Å². The zero-order valence-corrected chi connectivity index (χ0v) is 17.5. The topological polar surface area (TPSA) is 62.2 Å². The highest BCUT2D eigenvalue weighted by Crippen LogP contribution is 2.22.